The van der Waals surface area contributed by atoms with Crippen molar-refractivity contribution in [3.8, 4) is 0 Å². The lowest BCUT2D eigenvalue weighted by Crippen LogP contribution is -2.52. The van der Waals surface area contributed by atoms with E-state index in [0.717, 1.165) is 32.4 Å². The van der Waals surface area contributed by atoms with E-state index < -0.39 is 6.43 Å². The second kappa shape index (κ2) is 9.30. The highest BCUT2D eigenvalue weighted by Crippen LogP contribution is 2.13. The molecule has 1 saturated heterocycles. The molecule has 6 heteroatoms. The molecule has 0 aromatic rings. The van der Waals surface area contributed by atoms with Gasteiger partial charge in [0.1, 0.15) is 0 Å². The lowest BCUT2D eigenvalue weighted by atomic mass is 10.0. The van der Waals surface area contributed by atoms with Crippen LogP contribution in [0.2, 0.25) is 0 Å². The van der Waals surface area contributed by atoms with Gasteiger partial charge in [-0.05, 0) is 32.4 Å². The van der Waals surface area contributed by atoms with E-state index in [0.29, 0.717) is 13.1 Å². The highest BCUT2D eigenvalue weighted by atomic mass is 19.3. The van der Waals surface area contributed by atoms with E-state index in [-0.39, 0.29) is 24.5 Å². The van der Waals surface area contributed by atoms with Gasteiger partial charge < -0.3 is 5.32 Å². The number of halogens is 2. The van der Waals surface area contributed by atoms with Gasteiger partial charge in [-0.1, -0.05) is 20.8 Å². The van der Waals surface area contributed by atoms with E-state index in [1.54, 1.807) is 4.90 Å². The van der Waals surface area contributed by atoms with Crippen LogP contribution in [0.1, 0.15) is 40.0 Å². The first-order chi connectivity index (χ1) is 10.0. The summed E-state index contributed by atoms with van der Waals surface area (Å²) in [5, 5.41) is 3.10. The van der Waals surface area contributed by atoms with Gasteiger partial charge in [0.25, 0.3) is 6.43 Å². The first-order valence-corrected chi connectivity index (χ1v) is 8.06. The number of nitrogens with one attached hydrogen (secondary N) is 1. The predicted molar refractivity (Wildman–Crippen MR) is 80.6 cm³/mol. The van der Waals surface area contributed by atoms with Gasteiger partial charge in [-0.2, -0.15) is 0 Å². The first kappa shape index (κ1) is 18.3. The van der Waals surface area contributed by atoms with Crippen LogP contribution < -0.4 is 5.32 Å². The summed E-state index contributed by atoms with van der Waals surface area (Å²) in [6.45, 7) is 8.97. The van der Waals surface area contributed by atoms with Crippen LogP contribution in [0.4, 0.5) is 8.78 Å². The second-order valence-electron chi connectivity index (χ2n) is 5.62. The molecular formula is C15H29F2N3O. The standard InChI is InChI=1S/C15H29F2N3O/c1-4-13(20(5-2)6-3)15(21)18-12-7-9-19(10-8-12)11-14(16)17/h12-14H,4-11H2,1-3H3,(H,18,21)/t13-/m1/s1. The number of carbonyl (C=O) groups is 1. The van der Waals surface area contributed by atoms with Gasteiger partial charge in [0.2, 0.25) is 5.91 Å². The summed E-state index contributed by atoms with van der Waals surface area (Å²) in [4.78, 5) is 16.3. The van der Waals surface area contributed by atoms with Crippen molar-refractivity contribution in [2.45, 2.75) is 58.5 Å². The highest BCUT2D eigenvalue weighted by Gasteiger charge is 2.27. The topological polar surface area (TPSA) is 35.6 Å². The van der Waals surface area contributed by atoms with E-state index in [4.69, 9.17) is 0 Å². The van der Waals surface area contributed by atoms with Gasteiger partial charge >= 0.3 is 0 Å². The van der Waals surface area contributed by atoms with E-state index in [1.807, 2.05) is 6.92 Å². The number of rotatable bonds is 8. The molecule has 0 aromatic heterocycles. The summed E-state index contributed by atoms with van der Waals surface area (Å²) < 4.78 is 24.7. The maximum absolute atomic E-state index is 12.4. The molecule has 21 heavy (non-hydrogen) atoms. The molecule has 1 fully saturated rings. The fourth-order valence-corrected chi connectivity index (χ4v) is 3.03. The first-order valence-electron chi connectivity index (χ1n) is 8.06. The molecule has 4 nitrogen and oxygen atoms in total. The van der Waals surface area contributed by atoms with Crippen molar-refractivity contribution in [3.05, 3.63) is 0 Å². The van der Waals surface area contributed by atoms with Gasteiger partial charge in [0.15, 0.2) is 0 Å². The minimum atomic E-state index is -2.27. The number of carbonyl (C=O) groups excluding carboxylic acids is 1. The van der Waals surface area contributed by atoms with E-state index in [9.17, 15) is 13.6 Å². The number of nitrogens with zero attached hydrogens (tertiary/aromatic N) is 2. The largest absolute Gasteiger partial charge is 0.352 e. The minimum Gasteiger partial charge on any atom is -0.352 e. The SMILES string of the molecule is CC[C@H](C(=O)NC1CCN(CC(F)F)CC1)N(CC)CC. The van der Waals surface area contributed by atoms with Gasteiger partial charge in [-0.3, -0.25) is 14.6 Å². The molecule has 1 heterocycles. The Morgan fingerprint density at radius 1 is 1.24 bits per heavy atom. The van der Waals surface area contributed by atoms with E-state index in [1.165, 1.54) is 0 Å². The van der Waals surface area contributed by atoms with E-state index in [2.05, 4.69) is 24.1 Å². The van der Waals surface area contributed by atoms with Crippen LogP contribution in [0.5, 0.6) is 0 Å². The van der Waals surface area contributed by atoms with Crippen LogP contribution in [0.3, 0.4) is 0 Å². The normalized spacial score (nSPS) is 19.2. The van der Waals surface area contributed by atoms with Gasteiger partial charge in [0.05, 0.1) is 12.6 Å². The molecule has 0 aromatic carbocycles. The van der Waals surface area contributed by atoms with Gasteiger partial charge in [0, 0.05) is 19.1 Å². The number of likely N-dealkylation sites (N-methyl/N-ethyl adjacent to an activating group) is 1. The molecule has 0 bridgehead atoms. The molecule has 1 aliphatic heterocycles. The highest BCUT2D eigenvalue weighted by molar-refractivity contribution is 5.82. The Morgan fingerprint density at radius 2 is 1.81 bits per heavy atom. The molecule has 124 valence electrons. The van der Waals surface area contributed by atoms with Crippen LogP contribution in [-0.2, 0) is 4.79 Å². The van der Waals surface area contributed by atoms with Crippen LogP contribution in [0, 0.1) is 0 Å². The molecule has 1 rings (SSSR count). The van der Waals surface area contributed by atoms with Crippen LogP contribution >= 0.6 is 0 Å². The van der Waals surface area contributed by atoms with Crippen molar-refractivity contribution in [2.24, 2.45) is 0 Å². The summed E-state index contributed by atoms with van der Waals surface area (Å²) in [7, 11) is 0. The molecule has 1 amide bonds. The number of hydrogen-bond donors (Lipinski definition) is 1. The molecular weight excluding hydrogens is 276 g/mol. The van der Waals surface area contributed by atoms with Gasteiger partial charge in [-0.15, -0.1) is 0 Å². The zero-order chi connectivity index (χ0) is 15.8. The summed E-state index contributed by atoms with van der Waals surface area (Å²) in [5.74, 6) is 0.0773. The van der Waals surface area contributed by atoms with E-state index >= 15 is 0 Å². The number of hydrogen-bond acceptors (Lipinski definition) is 3. The third kappa shape index (κ3) is 5.87. The fourth-order valence-electron chi connectivity index (χ4n) is 3.03. The molecule has 1 aliphatic rings. The number of likely N-dealkylation sites (tertiary alicyclic amines) is 1. The molecule has 0 unspecified atom stereocenters. The fraction of sp³-hybridized carbons (Fsp3) is 0.933. The Kier molecular flexibility index (Phi) is 8.11. The zero-order valence-electron chi connectivity index (χ0n) is 13.4. The number of piperidine rings is 1. The minimum absolute atomic E-state index is 0.0773. The molecule has 1 N–H and O–H groups in total. The Bertz CT molecular complexity index is 303. The van der Waals surface area contributed by atoms with Gasteiger partial charge in [-0.25, -0.2) is 8.78 Å². The van der Waals surface area contributed by atoms with Crippen molar-refractivity contribution >= 4 is 5.91 Å². The summed E-state index contributed by atoms with van der Waals surface area (Å²) in [5.41, 5.74) is 0. The van der Waals surface area contributed by atoms with Crippen molar-refractivity contribution in [1.82, 2.24) is 15.1 Å². The van der Waals surface area contributed by atoms with Crippen LogP contribution in [-0.4, -0.2) is 66.9 Å². The lowest BCUT2D eigenvalue weighted by Gasteiger charge is -2.34. The monoisotopic (exact) mass is 305 g/mol. The van der Waals surface area contributed by atoms with Crippen LogP contribution in [0.25, 0.3) is 0 Å². The Balaban J connectivity index is 2.41. The maximum atomic E-state index is 12.4. The maximum Gasteiger partial charge on any atom is 0.251 e. The lowest BCUT2D eigenvalue weighted by molar-refractivity contribution is -0.127. The molecule has 0 aliphatic carbocycles. The van der Waals surface area contributed by atoms with Crippen molar-refractivity contribution in [2.75, 3.05) is 32.7 Å². The summed E-state index contributed by atoms with van der Waals surface area (Å²) >= 11 is 0. The molecule has 0 saturated carbocycles. The van der Waals surface area contributed by atoms with Crippen LogP contribution in [0.15, 0.2) is 0 Å². The van der Waals surface area contributed by atoms with Crippen molar-refractivity contribution < 1.29 is 13.6 Å². The number of amides is 1. The van der Waals surface area contributed by atoms with Crippen molar-refractivity contribution in [1.29, 1.82) is 0 Å². The third-order valence-corrected chi connectivity index (χ3v) is 4.27. The summed E-state index contributed by atoms with van der Waals surface area (Å²) in [6.07, 6.45) is 0.0289. The average molecular weight is 305 g/mol. The molecule has 0 spiro atoms. The zero-order valence-corrected chi connectivity index (χ0v) is 13.4. The Labute approximate surface area is 126 Å². The Morgan fingerprint density at radius 3 is 2.24 bits per heavy atom. The summed E-state index contributed by atoms with van der Waals surface area (Å²) in [6, 6.07) is 0.0372. The Hall–Kier alpha value is -0.750. The predicted octanol–water partition coefficient (Wildman–Crippen LogP) is 1.95. The smallest absolute Gasteiger partial charge is 0.251 e. The van der Waals surface area contributed by atoms with Crippen molar-refractivity contribution in [3.63, 3.8) is 0 Å². The second-order valence-corrected chi connectivity index (χ2v) is 5.62. The third-order valence-electron chi connectivity index (χ3n) is 4.27. The molecule has 1 atom stereocenters. The molecule has 0 radical (unpaired) electrons. The average Bonchev–Trinajstić information content (AvgIpc) is 2.45. The quantitative estimate of drug-likeness (QED) is 0.744. The number of alkyl halides is 2.